The van der Waals surface area contributed by atoms with Crippen molar-refractivity contribution >= 4 is 0 Å². The molecule has 1 N–H and O–H groups in total. The van der Waals surface area contributed by atoms with Crippen molar-refractivity contribution < 1.29 is 5.11 Å². The molecule has 1 nitrogen and oxygen atoms in total. The highest BCUT2D eigenvalue weighted by molar-refractivity contribution is 5.16. The molecule has 74 valence electrons. The molecule has 0 radical (unpaired) electrons. The van der Waals surface area contributed by atoms with E-state index in [1.807, 2.05) is 0 Å². The van der Waals surface area contributed by atoms with E-state index >= 15 is 0 Å². The minimum atomic E-state index is 0.0385. The van der Waals surface area contributed by atoms with Crippen LogP contribution in [0.3, 0.4) is 0 Å². The molecule has 3 unspecified atom stereocenters. The van der Waals surface area contributed by atoms with Crippen LogP contribution in [-0.4, -0.2) is 11.2 Å². The van der Waals surface area contributed by atoms with E-state index in [0.717, 1.165) is 36.0 Å². The van der Waals surface area contributed by atoms with Gasteiger partial charge in [-0.05, 0) is 55.3 Å². The van der Waals surface area contributed by atoms with Gasteiger partial charge in [-0.1, -0.05) is 13.3 Å². The maximum Gasteiger partial charge on any atom is 0.0543 e. The lowest BCUT2D eigenvalue weighted by molar-refractivity contribution is -0.0533. The third kappa shape index (κ3) is 0.971. The monoisotopic (exact) mass is 180 g/mol. The quantitative estimate of drug-likeness (QED) is 0.657. The van der Waals surface area contributed by atoms with Crippen LogP contribution < -0.4 is 0 Å². The Bertz CT molecular complexity index is 225. The van der Waals surface area contributed by atoms with Gasteiger partial charge in [0.05, 0.1) is 6.10 Å². The highest BCUT2D eigenvalue weighted by Gasteiger charge is 2.67. The fraction of sp³-hybridized carbons (Fsp3) is 1.00. The molecule has 0 bridgehead atoms. The van der Waals surface area contributed by atoms with E-state index in [4.69, 9.17) is 0 Å². The van der Waals surface area contributed by atoms with Crippen molar-refractivity contribution in [2.24, 2.45) is 23.2 Å². The molecular weight excluding hydrogens is 160 g/mol. The van der Waals surface area contributed by atoms with Gasteiger partial charge in [-0.3, -0.25) is 0 Å². The fourth-order valence-corrected chi connectivity index (χ4v) is 4.29. The fourth-order valence-electron chi connectivity index (χ4n) is 4.29. The molecule has 1 heteroatoms. The van der Waals surface area contributed by atoms with Gasteiger partial charge < -0.3 is 5.11 Å². The summed E-state index contributed by atoms with van der Waals surface area (Å²) >= 11 is 0. The highest BCUT2D eigenvalue weighted by Crippen LogP contribution is 2.74. The Balaban J connectivity index is 1.70. The number of aliphatic hydroxyl groups is 1. The molecular formula is C12H20O. The largest absolute Gasteiger partial charge is 0.393 e. The van der Waals surface area contributed by atoms with Gasteiger partial charge in [0.1, 0.15) is 0 Å². The van der Waals surface area contributed by atoms with Gasteiger partial charge in [0, 0.05) is 0 Å². The molecule has 5 atom stereocenters. The van der Waals surface area contributed by atoms with Gasteiger partial charge in [-0.2, -0.15) is 0 Å². The van der Waals surface area contributed by atoms with Gasteiger partial charge in [-0.25, -0.2) is 0 Å². The third-order valence-corrected chi connectivity index (χ3v) is 5.12. The van der Waals surface area contributed by atoms with Crippen molar-refractivity contribution in [2.45, 2.75) is 51.6 Å². The number of fused-ring (bicyclic) bond motifs is 2. The Morgan fingerprint density at radius 3 is 2.85 bits per heavy atom. The zero-order valence-corrected chi connectivity index (χ0v) is 8.50. The van der Waals surface area contributed by atoms with Crippen LogP contribution in [0.4, 0.5) is 0 Å². The molecule has 0 aromatic rings. The van der Waals surface area contributed by atoms with E-state index in [0.29, 0.717) is 0 Å². The zero-order valence-electron chi connectivity index (χ0n) is 8.50. The molecule has 3 aliphatic carbocycles. The average Bonchev–Trinajstić information content (AvgIpc) is 2.84. The van der Waals surface area contributed by atoms with E-state index < -0.39 is 0 Å². The number of hydrogen-bond acceptors (Lipinski definition) is 1. The summed E-state index contributed by atoms with van der Waals surface area (Å²) in [6, 6.07) is 0. The van der Waals surface area contributed by atoms with Crippen LogP contribution in [0.2, 0.25) is 0 Å². The summed E-state index contributed by atoms with van der Waals surface area (Å²) < 4.78 is 0. The van der Waals surface area contributed by atoms with Crippen molar-refractivity contribution in [3.63, 3.8) is 0 Å². The van der Waals surface area contributed by atoms with E-state index in [-0.39, 0.29) is 6.10 Å². The molecule has 0 aromatic heterocycles. The summed E-state index contributed by atoms with van der Waals surface area (Å²) in [6.45, 7) is 2.33. The van der Waals surface area contributed by atoms with Crippen molar-refractivity contribution in [3.05, 3.63) is 0 Å². The third-order valence-electron chi connectivity index (χ3n) is 5.12. The molecule has 0 saturated heterocycles. The van der Waals surface area contributed by atoms with E-state index in [1.165, 1.54) is 25.7 Å². The summed E-state index contributed by atoms with van der Waals surface area (Å²) in [6.07, 6.45) is 7.91. The van der Waals surface area contributed by atoms with E-state index in [9.17, 15) is 5.11 Å². The van der Waals surface area contributed by atoms with Crippen molar-refractivity contribution in [1.82, 2.24) is 0 Å². The Morgan fingerprint density at radius 2 is 2.15 bits per heavy atom. The summed E-state index contributed by atoms with van der Waals surface area (Å²) in [5, 5.41) is 9.65. The Hall–Kier alpha value is -0.0400. The lowest BCUT2D eigenvalue weighted by Gasteiger charge is -2.51. The first kappa shape index (κ1) is 8.28. The predicted molar refractivity (Wildman–Crippen MR) is 52.3 cm³/mol. The van der Waals surface area contributed by atoms with Gasteiger partial charge in [0.25, 0.3) is 0 Å². The second-order valence-corrected chi connectivity index (χ2v) is 5.58. The van der Waals surface area contributed by atoms with Gasteiger partial charge >= 0.3 is 0 Å². The van der Waals surface area contributed by atoms with Crippen LogP contribution in [0, 0.1) is 23.2 Å². The van der Waals surface area contributed by atoms with E-state index in [2.05, 4.69) is 6.92 Å². The summed E-state index contributed by atoms with van der Waals surface area (Å²) in [7, 11) is 0. The minimum Gasteiger partial charge on any atom is -0.393 e. The average molecular weight is 180 g/mol. The van der Waals surface area contributed by atoms with Crippen LogP contribution in [-0.2, 0) is 0 Å². The van der Waals surface area contributed by atoms with Crippen molar-refractivity contribution in [1.29, 1.82) is 0 Å². The molecule has 13 heavy (non-hydrogen) atoms. The van der Waals surface area contributed by atoms with Crippen LogP contribution in [0.5, 0.6) is 0 Å². The van der Waals surface area contributed by atoms with Crippen LogP contribution >= 0.6 is 0 Å². The molecule has 3 rings (SSSR count). The maximum atomic E-state index is 9.65. The summed E-state index contributed by atoms with van der Waals surface area (Å²) in [4.78, 5) is 0. The second kappa shape index (κ2) is 2.50. The molecule has 1 spiro atoms. The molecule has 3 saturated carbocycles. The van der Waals surface area contributed by atoms with Gasteiger partial charge in [0.15, 0.2) is 0 Å². The Morgan fingerprint density at radius 1 is 1.31 bits per heavy atom. The SMILES string of the molecule is CC[C@@H]1C[C@]12CC1CCC(O)CC12. The van der Waals surface area contributed by atoms with Crippen LogP contribution in [0.15, 0.2) is 0 Å². The first-order valence-corrected chi connectivity index (χ1v) is 5.94. The van der Waals surface area contributed by atoms with E-state index in [1.54, 1.807) is 0 Å². The summed E-state index contributed by atoms with van der Waals surface area (Å²) in [5.41, 5.74) is 0.751. The Kier molecular flexibility index (Phi) is 1.59. The Labute approximate surface area is 80.5 Å². The van der Waals surface area contributed by atoms with Crippen molar-refractivity contribution in [3.8, 4) is 0 Å². The number of hydrogen-bond donors (Lipinski definition) is 1. The lowest BCUT2D eigenvalue weighted by atomic mass is 9.55. The first-order chi connectivity index (χ1) is 6.26. The molecule has 3 fully saturated rings. The molecule has 0 aliphatic heterocycles. The molecule has 0 heterocycles. The highest BCUT2D eigenvalue weighted by atomic mass is 16.3. The van der Waals surface area contributed by atoms with Gasteiger partial charge in [-0.15, -0.1) is 0 Å². The predicted octanol–water partition coefficient (Wildman–Crippen LogP) is 2.58. The molecule has 3 aliphatic rings. The molecule has 0 aromatic carbocycles. The van der Waals surface area contributed by atoms with Gasteiger partial charge in [0.2, 0.25) is 0 Å². The standard InChI is InChI=1S/C12H20O/c1-2-9-7-12(9)6-8-3-4-10(13)5-11(8)12/h8-11,13H,2-7H2,1H3/t8?,9-,10?,11?,12-/m1/s1. The number of rotatable bonds is 1. The smallest absolute Gasteiger partial charge is 0.0543 e. The van der Waals surface area contributed by atoms with Crippen LogP contribution in [0.1, 0.15) is 45.4 Å². The van der Waals surface area contributed by atoms with Crippen LogP contribution in [0.25, 0.3) is 0 Å². The molecule has 0 amide bonds. The first-order valence-electron chi connectivity index (χ1n) is 5.94. The maximum absolute atomic E-state index is 9.65. The summed E-state index contributed by atoms with van der Waals surface area (Å²) in [5.74, 6) is 2.94. The zero-order chi connectivity index (χ0) is 9.05. The normalized spacial score (nSPS) is 58.6. The van der Waals surface area contributed by atoms with Crippen molar-refractivity contribution in [2.75, 3.05) is 0 Å². The topological polar surface area (TPSA) is 20.2 Å². The second-order valence-electron chi connectivity index (χ2n) is 5.58. The lowest BCUT2D eigenvalue weighted by Crippen LogP contribution is -2.45. The number of aliphatic hydroxyl groups excluding tert-OH is 1. The minimum absolute atomic E-state index is 0.0385.